The summed E-state index contributed by atoms with van der Waals surface area (Å²) in [5.74, 6) is 0.804. The smallest absolute Gasteiger partial charge is 0.133 e. The van der Waals surface area contributed by atoms with E-state index < -0.39 is 0 Å². The first-order valence-corrected chi connectivity index (χ1v) is 6.31. The first-order valence-electron chi connectivity index (χ1n) is 5.56. The Hall–Kier alpha value is -1.19. The number of hydrogen-bond acceptors (Lipinski definition) is 2. The fourth-order valence-electron chi connectivity index (χ4n) is 1.76. The van der Waals surface area contributed by atoms with Gasteiger partial charge in [0.1, 0.15) is 17.5 Å². The fraction of sp³-hybridized carbons (Fsp3) is 0.308. The van der Waals surface area contributed by atoms with Crippen LogP contribution in [0.2, 0.25) is 10.2 Å². The van der Waals surface area contributed by atoms with Gasteiger partial charge in [0, 0.05) is 17.6 Å². The Morgan fingerprint density at radius 2 is 2.00 bits per heavy atom. The van der Waals surface area contributed by atoms with Crippen LogP contribution in [-0.2, 0) is 13.7 Å². The van der Waals surface area contributed by atoms with E-state index in [9.17, 15) is 0 Å². The van der Waals surface area contributed by atoms with Gasteiger partial charge < -0.3 is 4.74 Å². The normalized spacial score (nSPS) is 10.7. The lowest BCUT2D eigenvalue weighted by molar-refractivity contribution is 0.303. The summed E-state index contributed by atoms with van der Waals surface area (Å²) in [6.07, 6.45) is 0. The van der Waals surface area contributed by atoms with Crippen LogP contribution in [0.25, 0.3) is 0 Å². The van der Waals surface area contributed by atoms with Gasteiger partial charge in [0.15, 0.2) is 0 Å². The van der Waals surface area contributed by atoms with Gasteiger partial charge in [-0.1, -0.05) is 23.2 Å². The highest BCUT2D eigenvalue weighted by molar-refractivity contribution is 6.30. The molecule has 0 aliphatic heterocycles. The number of rotatable bonds is 3. The van der Waals surface area contributed by atoms with Crippen LogP contribution in [0.1, 0.15) is 16.8 Å². The molecule has 0 atom stereocenters. The van der Waals surface area contributed by atoms with Crippen molar-refractivity contribution in [2.75, 3.05) is 0 Å². The topological polar surface area (TPSA) is 27.1 Å². The fourth-order valence-corrected chi connectivity index (χ4v) is 2.22. The molecule has 0 radical (unpaired) electrons. The van der Waals surface area contributed by atoms with Crippen LogP contribution >= 0.6 is 23.2 Å². The van der Waals surface area contributed by atoms with Crippen molar-refractivity contribution in [2.45, 2.75) is 20.5 Å². The Kier molecular flexibility index (Phi) is 3.83. The van der Waals surface area contributed by atoms with E-state index >= 15 is 0 Å². The van der Waals surface area contributed by atoms with E-state index in [1.807, 2.05) is 39.1 Å². The molecule has 0 amide bonds. The Balaban J connectivity index is 2.16. The van der Waals surface area contributed by atoms with Gasteiger partial charge in [-0.05, 0) is 37.6 Å². The minimum atomic E-state index is 0.404. The molecule has 3 nitrogen and oxygen atoms in total. The van der Waals surface area contributed by atoms with Crippen LogP contribution in [-0.4, -0.2) is 9.78 Å². The van der Waals surface area contributed by atoms with Gasteiger partial charge in [0.25, 0.3) is 0 Å². The number of benzene rings is 1. The maximum atomic E-state index is 6.14. The maximum absolute atomic E-state index is 6.14. The Morgan fingerprint density at radius 1 is 1.28 bits per heavy atom. The van der Waals surface area contributed by atoms with Gasteiger partial charge in [-0.25, -0.2) is 0 Å². The van der Waals surface area contributed by atoms with Crippen LogP contribution in [0.3, 0.4) is 0 Å². The van der Waals surface area contributed by atoms with Crippen LogP contribution in [0.5, 0.6) is 5.75 Å². The van der Waals surface area contributed by atoms with Crippen molar-refractivity contribution in [3.63, 3.8) is 0 Å². The molecule has 0 spiro atoms. The third-order valence-corrected chi connectivity index (χ3v) is 3.49. The van der Waals surface area contributed by atoms with Crippen LogP contribution in [0, 0.1) is 13.8 Å². The highest BCUT2D eigenvalue weighted by Gasteiger charge is 2.12. The zero-order valence-corrected chi connectivity index (χ0v) is 12.0. The molecule has 0 aliphatic carbocycles. The lowest BCUT2D eigenvalue weighted by atomic mass is 10.2. The monoisotopic (exact) mass is 284 g/mol. The second-order valence-electron chi connectivity index (χ2n) is 4.18. The molecule has 5 heteroatoms. The Bertz CT molecular complexity index is 579. The van der Waals surface area contributed by atoms with Gasteiger partial charge in [-0.15, -0.1) is 0 Å². The minimum Gasteiger partial charge on any atom is -0.488 e. The summed E-state index contributed by atoms with van der Waals surface area (Å²) in [5, 5.41) is 5.56. The molecule has 1 aromatic heterocycles. The molecule has 0 unspecified atom stereocenters. The van der Waals surface area contributed by atoms with Crippen molar-refractivity contribution in [1.82, 2.24) is 9.78 Å². The molecule has 96 valence electrons. The number of aryl methyl sites for hydroxylation is 3. The summed E-state index contributed by atoms with van der Waals surface area (Å²) in [6, 6.07) is 5.54. The SMILES string of the molecule is Cc1cc(Cl)ccc1OCc1c(C)nn(C)c1Cl. The molecule has 0 fully saturated rings. The summed E-state index contributed by atoms with van der Waals surface area (Å²) in [5.41, 5.74) is 2.79. The van der Waals surface area contributed by atoms with E-state index in [-0.39, 0.29) is 0 Å². The van der Waals surface area contributed by atoms with Gasteiger partial charge in [0.05, 0.1) is 5.69 Å². The first kappa shape index (κ1) is 13.2. The maximum Gasteiger partial charge on any atom is 0.133 e. The summed E-state index contributed by atoms with van der Waals surface area (Å²) < 4.78 is 7.40. The van der Waals surface area contributed by atoms with E-state index in [2.05, 4.69) is 5.10 Å². The molecule has 1 heterocycles. The Labute approximate surface area is 116 Å². The van der Waals surface area contributed by atoms with Gasteiger partial charge in [-0.3, -0.25) is 4.68 Å². The largest absolute Gasteiger partial charge is 0.488 e. The van der Waals surface area contributed by atoms with E-state index in [1.165, 1.54) is 0 Å². The first-order chi connectivity index (χ1) is 8.49. The number of nitrogens with zero attached hydrogens (tertiary/aromatic N) is 2. The predicted molar refractivity (Wildman–Crippen MR) is 73.5 cm³/mol. The highest BCUT2D eigenvalue weighted by atomic mass is 35.5. The van der Waals surface area contributed by atoms with E-state index in [0.717, 1.165) is 22.6 Å². The van der Waals surface area contributed by atoms with Crippen molar-refractivity contribution < 1.29 is 4.74 Å². The van der Waals surface area contributed by atoms with Gasteiger partial charge >= 0.3 is 0 Å². The predicted octanol–water partition coefficient (Wildman–Crippen LogP) is 3.92. The van der Waals surface area contributed by atoms with Crippen molar-refractivity contribution in [3.05, 3.63) is 45.2 Å². The van der Waals surface area contributed by atoms with Crippen LogP contribution < -0.4 is 4.74 Å². The molecular weight excluding hydrogens is 271 g/mol. The standard InChI is InChI=1S/C13H14Cl2N2O/c1-8-6-10(14)4-5-12(8)18-7-11-9(2)16-17(3)13(11)15/h4-6H,7H2,1-3H3. The molecule has 0 N–H and O–H groups in total. The molecule has 0 bridgehead atoms. The van der Waals surface area contributed by atoms with Crippen LogP contribution in [0.15, 0.2) is 18.2 Å². The summed E-state index contributed by atoms with van der Waals surface area (Å²) >= 11 is 12.0. The van der Waals surface area contributed by atoms with Crippen molar-refractivity contribution >= 4 is 23.2 Å². The van der Waals surface area contributed by atoms with Gasteiger partial charge in [0.2, 0.25) is 0 Å². The molecule has 18 heavy (non-hydrogen) atoms. The quantitative estimate of drug-likeness (QED) is 0.854. The number of ether oxygens (including phenoxy) is 1. The number of hydrogen-bond donors (Lipinski definition) is 0. The van der Waals surface area contributed by atoms with E-state index in [1.54, 1.807) is 4.68 Å². The molecule has 0 saturated heterocycles. The van der Waals surface area contributed by atoms with Gasteiger partial charge in [-0.2, -0.15) is 5.10 Å². The zero-order valence-electron chi connectivity index (χ0n) is 10.5. The van der Waals surface area contributed by atoms with Crippen molar-refractivity contribution in [1.29, 1.82) is 0 Å². The zero-order chi connectivity index (χ0) is 13.3. The summed E-state index contributed by atoms with van der Waals surface area (Å²) in [6.45, 7) is 4.28. The summed E-state index contributed by atoms with van der Waals surface area (Å²) in [7, 11) is 1.81. The second-order valence-corrected chi connectivity index (χ2v) is 4.97. The molecule has 1 aromatic carbocycles. The van der Waals surface area contributed by atoms with Crippen molar-refractivity contribution in [3.8, 4) is 5.75 Å². The molecule has 2 rings (SSSR count). The van der Waals surface area contributed by atoms with E-state index in [4.69, 9.17) is 27.9 Å². The molecule has 2 aromatic rings. The average molecular weight is 285 g/mol. The lowest BCUT2D eigenvalue weighted by Crippen LogP contribution is -1.98. The molecular formula is C13H14Cl2N2O. The second kappa shape index (κ2) is 5.21. The minimum absolute atomic E-state index is 0.404. The van der Waals surface area contributed by atoms with E-state index in [0.29, 0.717) is 16.8 Å². The number of halogens is 2. The Morgan fingerprint density at radius 3 is 2.56 bits per heavy atom. The number of aromatic nitrogens is 2. The molecule has 0 saturated carbocycles. The van der Waals surface area contributed by atoms with Crippen molar-refractivity contribution in [2.24, 2.45) is 7.05 Å². The lowest BCUT2D eigenvalue weighted by Gasteiger charge is -2.09. The third-order valence-electron chi connectivity index (χ3n) is 2.78. The average Bonchev–Trinajstić information content (AvgIpc) is 2.53. The highest BCUT2D eigenvalue weighted by Crippen LogP contribution is 2.25. The summed E-state index contributed by atoms with van der Waals surface area (Å²) in [4.78, 5) is 0. The third kappa shape index (κ3) is 2.62. The van der Waals surface area contributed by atoms with Crippen LogP contribution in [0.4, 0.5) is 0 Å². The molecule has 0 aliphatic rings.